The molecule has 0 aliphatic rings. The molecule has 0 amide bonds. The van der Waals surface area contributed by atoms with Crippen LogP contribution in [0.25, 0.3) is 11.3 Å². The number of thiazole rings is 1. The van der Waals surface area contributed by atoms with Crippen LogP contribution in [0.5, 0.6) is 0 Å². The molecule has 0 saturated heterocycles. The highest BCUT2D eigenvalue weighted by atomic mass is 32.1. The van der Waals surface area contributed by atoms with E-state index in [-0.39, 0.29) is 0 Å². The third kappa shape index (κ3) is 3.48. The molecule has 0 radical (unpaired) electrons. The van der Waals surface area contributed by atoms with Crippen LogP contribution in [0.3, 0.4) is 0 Å². The maximum atomic E-state index is 4.66. The van der Waals surface area contributed by atoms with E-state index in [1.165, 1.54) is 11.1 Å². The Balaban J connectivity index is 2.08. The van der Waals surface area contributed by atoms with Crippen LogP contribution in [0, 0.1) is 0 Å². The zero-order valence-electron chi connectivity index (χ0n) is 13.1. The Kier molecular flexibility index (Phi) is 4.83. The summed E-state index contributed by atoms with van der Waals surface area (Å²) in [5.41, 5.74) is 3.70. The van der Waals surface area contributed by atoms with E-state index in [0.717, 1.165) is 29.3 Å². The van der Waals surface area contributed by atoms with Crippen molar-refractivity contribution in [2.75, 3.05) is 0 Å². The quantitative estimate of drug-likeness (QED) is 0.632. The van der Waals surface area contributed by atoms with Gasteiger partial charge in [-0.25, -0.2) is 9.98 Å². The van der Waals surface area contributed by atoms with E-state index in [1.807, 2.05) is 24.3 Å². The summed E-state index contributed by atoms with van der Waals surface area (Å²) in [6.07, 6.45) is 4.71. The first-order chi connectivity index (χ1) is 11.3. The minimum Gasteiger partial charge on any atom is -0.313 e. The van der Waals surface area contributed by atoms with Crippen LogP contribution in [0.15, 0.2) is 71.7 Å². The van der Waals surface area contributed by atoms with Crippen LogP contribution >= 0.6 is 11.3 Å². The van der Waals surface area contributed by atoms with Crippen LogP contribution in [0.1, 0.15) is 12.5 Å². The van der Waals surface area contributed by atoms with E-state index in [2.05, 4.69) is 57.7 Å². The molecule has 0 N–H and O–H groups in total. The molecule has 0 spiro atoms. The molecule has 2 aromatic heterocycles. The number of hydrogen-bond acceptors (Lipinski definition) is 3. The number of aryl methyl sites for hydroxylation is 1. The Labute approximate surface area is 140 Å². The number of nitrogens with zero attached hydrogens (tertiary/aromatic N) is 3. The summed E-state index contributed by atoms with van der Waals surface area (Å²) in [5.74, 6) is 0.722. The number of aromatic nitrogens is 2. The molecule has 0 atom stereocenters. The number of allylic oxidation sites excluding steroid dienone is 1. The zero-order valence-corrected chi connectivity index (χ0v) is 14.0. The predicted octanol–water partition coefficient (Wildman–Crippen LogP) is 4.59. The van der Waals surface area contributed by atoms with Crippen molar-refractivity contribution in [3.8, 4) is 11.3 Å². The Hall–Kier alpha value is -2.46. The maximum absolute atomic E-state index is 4.66. The molecule has 3 nitrogen and oxygen atoms in total. The van der Waals surface area contributed by atoms with E-state index in [9.17, 15) is 0 Å². The smallest absolute Gasteiger partial charge is 0.192 e. The monoisotopic (exact) mass is 321 g/mol. The molecule has 0 unspecified atom stereocenters. The lowest BCUT2D eigenvalue weighted by Crippen LogP contribution is -2.14. The molecule has 0 bridgehead atoms. The topological polar surface area (TPSA) is 30.2 Å². The number of pyridine rings is 1. The summed E-state index contributed by atoms with van der Waals surface area (Å²) in [7, 11) is 0. The van der Waals surface area contributed by atoms with Gasteiger partial charge < -0.3 is 4.57 Å². The summed E-state index contributed by atoms with van der Waals surface area (Å²) in [6, 6.07) is 14.5. The van der Waals surface area contributed by atoms with Crippen molar-refractivity contribution in [2.45, 2.75) is 19.9 Å². The summed E-state index contributed by atoms with van der Waals surface area (Å²) in [4.78, 5) is 9.87. The number of benzene rings is 1. The summed E-state index contributed by atoms with van der Waals surface area (Å²) < 4.78 is 2.17. The van der Waals surface area contributed by atoms with Crippen molar-refractivity contribution in [1.29, 1.82) is 0 Å². The Bertz CT molecular complexity index is 842. The standard InChI is InChI=1S/C19H19N3S/c1-3-13-22-17(16-10-8-15(4-2)9-11-16)14-23-19(22)21-18-7-5-6-12-20-18/h3,5-12,14H,1,4,13H2,2H3/b21-19-. The fraction of sp³-hybridized carbons (Fsp3) is 0.158. The van der Waals surface area contributed by atoms with Gasteiger partial charge >= 0.3 is 0 Å². The maximum Gasteiger partial charge on any atom is 0.192 e. The average molecular weight is 321 g/mol. The molecule has 3 rings (SSSR count). The molecule has 0 aliphatic heterocycles. The van der Waals surface area contributed by atoms with Crippen molar-refractivity contribution in [2.24, 2.45) is 4.99 Å². The second kappa shape index (κ2) is 7.20. The normalized spacial score (nSPS) is 11.6. The summed E-state index contributed by atoms with van der Waals surface area (Å²) >= 11 is 1.62. The molecular weight excluding hydrogens is 302 g/mol. The molecule has 2 heterocycles. The Morgan fingerprint density at radius 1 is 1.22 bits per heavy atom. The van der Waals surface area contributed by atoms with Gasteiger partial charge in [0.1, 0.15) is 0 Å². The molecule has 4 heteroatoms. The molecule has 0 saturated carbocycles. The van der Waals surface area contributed by atoms with Crippen LogP contribution < -0.4 is 4.80 Å². The van der Waals surface area contributed by atoms with Crippen molar-refractivity contribution >= 4 is 17.2 Å². The van der Waals surface area contributed by atoms with Crippen LogP contribution in [-0.2, 0) is 13.0 Å². The molecule has 23 heavy (non-hydrogen) atoms. The van der Waals surface area contributed by atoms with Gasteiger partial charge in [-0.05, 0) is 29.7 Å². The lowest BCUT2D eigenvalue weighted by molar-refractivity contribution is 0.799. The van der Waals surface area contributed by atoms with Gasteiger partial charge in [-0.15, -0.1) is 17.9 Å². The van der Waals surface area contributed by atoms with Gasteiger partial charge in [0.2, 0.25) is 0 Å². The first-order valence-corrected chi connectivity index (χ1v) is 8.54. The highest BCUT2D eigenvalue weighted by Gasteiger charge is 2.07. The van der Waals surface area contributed by atoms with Crippen molar-refractivity contribution in [3.05, 3.63) is 77.1 Å². The van der Waals surface area contributed by atoms with Gasteiger partial charge in [0.15, 0.2) is 10.6 Å². The van der Waals surface area contributed by atoms with Crippen LogP contribution in [-0.4, -0.2) is 9.55 Å². The Morgan fingerprint density at radius 2 is 2.04 bits per heavy atom. The van der Waals surface area contributed by atoms with E-state index in [4.69, 9.17) is 0 Å². The van der Waals surface area contributed by atoms with Crippen LogP contribution in [0.2, 0.25) is 0 Å². The van der Waals surface area contributed by atoms with Crippen molar-refractivity contribution in [1.82, 2.24) is 9.55 Å². The minimum atomic E-state index is 0.722. The minimum absolute atomic E-state index is 0.722. The summed E-state index contributed by atoms with van der Waals surface area (Å²) in [6.45, 7) is 6.76. The fourth-order valence-electron chi connectivity index (χ4n) is 2.38. The molecule has 1 aromatic carbocycles. The van der Waals surface area contributed by atoms with Gasteiger partial charge in [0.05, 0.1) is 5.69 Å². The molecule has 116 valence electrons. The molecular formula is C19H19N3S. The second-order valence-corrected chi connectivity index (χ2v) is 5.99. The van der Waals surface area contributed by atoms with Crippen LogP contribution in [0.4, 0.5) is 5.82 Å². The highest BCUT2D eigenvalue weighted by molar-refractivity contribution is 7.07. The zero-order chi connectivity index (χ0) is 16.1. The van der Waals surface area contributed by atoms with Gasteiger partial charge in [-0.2, -0.15) is 0 Å². The lowest BCUT2D eigenvalue weighted by atomic mass is 10.1. The SMILES string of the molecule is C=CCn1c(-c2ccc(CC)cc2)cs/c1=N\c1ccccn1. The van der Waals surface area contributed by atoms with Gasteiger partial charge in [-0.3, -0.25) is 0 Å². The number of hydrogen-bond donors (Lipinski definition) is 0. The highest BCUT2D eigenvalue weighted by Crippen LogP contribution is 2.21. The third-order valence-electron chi connectivity index (χ3n) is 3.63. The van der Waals surface area contributed by atoms with E-state index in [1.54, 1.807) is 17.5 Å². The van der Waals surface area contributed by atoms with Crippen molar-refractivity contribution in [3.63, 3.8) is 0 Å². The van der Waals surface area contributed by atoms with Crippen molar-refractivity contribution < 1.29 is 0 Å². The first kappa shape index (κ1) is 15.4. The van der Waals surface area contributed by atoms with Gasteiger partial charge in [0.25, 0.3) is 0 Å². The predicted molar refractivity (Wildman–Crippen MR) is 96.8 cm³/mol. The number of rotatable bonds is 5. The second-order valence-electron chi connectivity index (χ2n) is 5.15. The van der Waals surface area contributed by atoms with Gasteiger partial charge in [0, 0.05) is 18.1 Å². The van der Waals surface area contributed by atoms with E-state index in [0.29, 0.717) is 0 Å². The summed E-state index contributed by atoms with van der Waals surface area (Å²) in [5, 5.41) is 2.15. The Morgan fingerprint density at radius 3 is 2.70 bits per heavy atom. The fourth-order valence-corrected chi connectivity index (χ4v) is 3.31. The largest absolute Gasteiger partial charge is 0.313 e. The first-order valence-electron chi connectivity index (χ1n) is 7.66. The molecule has 0 fully saturated rings. The van der Waals surface area contributed by atoms with Gasteiger partial charge in [-0.1, -0.05) is 43.3 Å². The van der Waals surface area contributed by atoms with E-state index >= 15 is 0 Å². The third-order valence-corrected chi connectivity index (χ3v) is 4.49. The average Bonchev–Trinajstić information content (AvgIpc) is 2.99. The van der Waals surface area contributed by atoms with E-state index < -0.39 is 0 Å². The molecule has 0 aliphatic carbocycles. The lowest BCUT2D eigenvalue weighted by Gasteiger charge is -2.07. The molecule has 3 aromatic rings.